The first kappa shape index (κ1) is 24.7. The summed E-state index contributed by atoms with van der Waals surface area (Å²) >= 11 is 5.74. The van der Waals surface area contributed by atoms with Crippen LogP contribution in [0.1, 0.15) is 5.56 Å². The third-order valence-corrected chi connectivity index (χ3v) is 5.81. The monoisotopic (exact) mass is 512 g/mol. The summed E-state index contributed by atoms with van der Waals surface area (Å²) in [4.78, 5) is 4.91. The lowest BCUT2D eigenvalue weighted by molar-refractivity contribution is 0.926. The molecule has 0 amide bonds. The van der Waals surface area contributed by atoms with Crippen LogP contribution in [0.15, 0.2) is 133 Å². The van der Waals surface area contributed by atoms with Crippen LogP contribution in [0.2, 0.25) is 0 Å². The molecule has 1 heterocycles. The van der Waals surface area contributed by atoms with Crippen LogP contribution >= 0.6 is 12.2 Å². The Morgan fingerprint density at radius 1 is 0.684 bits per heavy atom. The van der Waals surface area contributed by atoms with Crippen molar-refractivity contribution in [3.05, 3.63) is 133 Å². The fourth-order valence-electron chi connectivity index (χ4n) is 3.71. The van der Waals surface area contributed by atoms with Gasteiger partial charge in [0.15, 0.2) is 0 Å². The van der Waals surface area contributed by atoms with Gasteiger partial charge in [-0.3, -0.25) is 0 Å². The molecule has 0 unspecified atom stereocenters. The van der Waals surface area contributed by atoms with Crippen molar-refractivity contribution in [2.75, 3.05) is 10.3 Å². The van der Waals surface area contributed by atoms with Crippen LogP contribution in [0.3, 0.4) is 0 Å². The van der Waals surface area contributed by atoms with Gasteiger partial charge in [-0.15, -0.1) is 10.2 Å². The Morgan fingerprint density at radius 2 is 1.24 bits per heavy atom. The molecule has 184 valence electrons. The summed E-state index contributed by atoms with van der Waals surface area (Å²) < 4.78 is 0. The number of anilines is 2. The zero-order valence-electron chi connectivity index (χ0n) is 20.4. The highest BCUT2D eigenvalue weighted by Gasteiger charge is 2.20. The second-order valence-corrected chi connectivity index (χ2v) is 8.57. The second-order valence-electron chi connectivity index (χ2n) is 8.18. The van der Waals surface area contributed by atoms with Crippen LogP contribution in [-0.2, 0) is 0 Å². The summed E-state index contributed by atoms with van der Waals surface area (Å²) in [5.41, 5.74) is 5.09. The molecule has 6 nitrogen and oxygen atoms in total. The zero-order valence-corrected chi connectivity index (χ0v) is 21.2. The van der Waals surface area contributed by atoms with E-state index in [1.54, 1.807) is 6.21 Å². The van der Waals surface area contributed by atoms with Gasteiger partial charge in [0, 0.05) is 23.0 Å². The number of rotatable bonds is 7. The number of benzene rings is 4. The van der Waals surface area contributed by atoms with Crippen molar-refractivity contribution in [3.63, 3.8) is 0 Å². The lowest BCUT2D eigenvalue weighted by atomic mass is 10.0. The molecule has 0 atom stereocenters. The number of para-hydroxylation sites is 1. The van der Waals surface area contributed by atoms with Gasteiger partial charge in [0.05, 0.1) is 0 Å². The SMILES string of the molecule is S=C(Nc1ccccc1)N(/N=C\C=C/c1ccccc1)c1nnc(-c2ccccc2)c(-c2ccccc2)n1. The molecule has 0 spiro atoms. The maximum absolute atomic E-state index is 5.74. The van der Waals surface area contributed by atoms with E-state index in [0.717, 1.165) is 22.4 Å². The van der Waals surface area contributed by atoms with E-state index in [9.17, 15) is 0 Å². The van der Waals surface area contributed by atoms with Gasteiger partial charge in [-0.25, -0.2) is 4.98 Å². The summed E-state index contributed by atoms with van der Waals surface area (Å²) in [7, 11) is 0. The molecule has 1 N–H and O–H groups in total. The summed E-state index contributed by atoms with van der Waals surface area (Å²) in [6.45, 7) is 0. The Hall–Kier alpha value is -5.01. The number of nitrogens with one attached hydrogen (secondary N) is 1. The Morgan fingerprint density at radius 3 is 1.87 bits per heavy atom. The molecule has 0 aliphatic rings. The maximum atomic E-state index is 5.74. The van der Waals surface area contributed by atoms with Gasteiger partial charge in [-0.2, -0.15) is 10.1 Å². The Kier molecular flexibility index (Phi) is 7.98. The van der Waals surface area contributed by atoms with E-state index in [4.69, 9.17) is 17.2 Å². The minimum atomic E-state index is 0.251. The van der Waals surface area contributed by atoms with Crippen molar-refractivity contribution in [2.45, 2.75) is 0 Å². The number of hydrazone groups is 1. The third-order valence-electron chi connectivity index (χ3n) is 5.53. The molecule has 1 aromatic heterocycles. The van der Waals surface area contributed by atoms with E-state index in [-0.39, 0.29) is 5.95 Å². The van der Waals surface area contributed by atoms with Crippen LogP contribution in [0.4, 0.5) is 11.6 Å². The molecular formula is C31H24N6S. The molecule has 5 rings (SSSR count). The molecule has 4 aromatic carbocycles. The van der Waals surface area contributed by atoms with Crippen LogP contribution in [0, 0.1) is 0 Å². The van der Waals surface area contributed by atoms with Crippen LogP contribution < -0.4 is 10.3 Å². The maximum Gasteiger partial charge on any atom is 0.273 e. The Balaban J connectivity index is 1.54. The van der Waals surface area contributed by atoms with Gasteiger partial charge in [-0.05, 0) is 36.0 Å². The van der Waals surface area contributed by atoms with Crippen LogP contribution in [-0.4, -0.2) is 26.5 Å². The van der Waals surface area contributed by atoms with Crippen molar-refractivity contribution >= 4 is 41.3 Å². The fourth-order valence-corrected chi connectivity index (χ4v) is 3.96. The molecule has 0 fully saturated rings. The smallest absolute Gasteiger partial charge is 0.273 e. The summed E-state index contributed by atoms with van der Waals surface area (Å²) in [5.74, 6) is 0.251. The number of thiocarbonyl (C=S) groups is 1. The highest BCUT2D eigenvalue weighted by Crippen LogP contribution is 2.29. The topological polar surface area (TPSA) is 66.3 Å². The summed E-state index contributed by atoms with van der Waals surface area (Å²) in [6, 6.07) is 39.4. The van der Waals surface area contributed by atoms with E-state index in [1.165, 1.54) is 5.01 Å². The Labute approximate surface area is 227 Å². The number of hydrogen-bond acceptors (Lipinski definition) is 5. The zero-order chi connectivity index (χ0) is 26.0. The van der Waals surface area contributed by atoms with Gasteiger partial charge in [0.2, 0.25) is 5.11 Å². The fraction of sp³-hybridized carbons (Fsp3) is 0. The van der Waals surface area contributed by atoms with Crippen molar-refractivity contribution in [3.8, 4) is 22.5 Å². The van der Waals surface area contributed by atoms with Gasteiger partial charge < -0.3 is 5.32 Å². The number of nitrogens with zero attached hydrogens (tertiary/aromatic N) is 5. The average molecular weight is 513 g/mol. The quantitative estimate of drug-likeness (QED) is 0.142. The second kappa shape index (κ2) is 12.3. The molecule has 0 bridgehead atoms. The molecule has 5 aromatic rings. The first-order valence-corrected chi connectivity index (χ1v) is 12.5. The van der Waals surface area contributed by atoms with Crippen molar-refractivity contribution < 1.29 is 0 Å². The van der Waals surface area contributed by atoms with Gasteiger partial charge in [0.1, 0.15) is 11.4 Å². The largest absolute Gasteiger partial charge is 0.331 e. The molecule has 0 aliphatic heterocycles. The summed E-state index contributed by atoms with van der Waals surface area (Å²) in [5, 5.41) is 18.6. The minimum Gasteiger partial charge on any atom is -0.331 e. The molecule has 0 aliphatic carbocycles. The number of allylic oxidation sites excluding steroid dienone is 1. The van der Waals surface area contributed by atoms with E-state index in [2.05, 4.69) is 20.6 Å². The lowest BCUT2D eigenvalue weighted by Gasteiger charge is -2.19. The van der Waals surface area contributed by atoms with E-state index in [1.807, 2.05) is 133 Å². The lowest BCUT2D eigenvalue weighted by Crippen LogP contribution is -2.32. The van der Waals surface area contributed by atoms with E-state index >= 15 is 0 Å². The van der Waals surface area contributed by atoms with Gasteiger partial charge >= 0.3 is 0 Å². The first-order chi connectivity index (χ1) is 18.8. The van der Waals surface area contributed by atoms with Gasteiger partial charge in [-0.1, -0.05) is 115 Å². The molecule has 0 radical (unpaired) electrons. The van der Waals surface area contributed by atoms with E-state index in [0.29, 0.717) is 16.5 Å². The van der Waals surface area contributed by atoms with Crippen LogP contribution in [0.25, 0.3) is 28.6 Å². The van der Waals surface area contributed by atoms with Gasteiger partial charge in [0.25, 0.3) is 5.95 Å². The highest BCUT2D eigenvalue weighted by atomic mass is 32.1. The van der Waals surface area contributed by atoms with Crippen molar-refractivity contribution in [2.24, 2.45) is 5.10 Å². The normalized spacial score (nSPS) is 11.1. The first-order valence-electron chi connectivity index (χ1n) is 12.1. The van der Waals surface area contributed by atoms with E-state index < -0.39 is 0 Å². The van der Waals surface area contributed by atoms with Crippen molar-refractivity contribution in [1.29, 1.82) is 0 Å². The molecule has 0 saturated heterocycles. The summed E-state index contributed by atoms with van der Waals surface area (Å²) in [6.07, 6.45) is 5.46. The standard InChI is InChI=1S/C31H24N6S/c38-31(33-27-21-11-4-12-22-27)37(32-23-13-16-24-14-5-1-6-15-24)30-34-28(25-17-7-2-8-18-25)29(35-36-30)26-19-9-3-10-20-26/h1-23H,(H,33,38)/b16-13-,32-23-. The predicted molar refractivity (Wildman–Crippen MR) is 160 cm³/mol. The molecule has 38 heavy (non-hydrogen) atoms. The third kappa shape index (κ3) is 6.21. The molecule has 7 heteroatoms. The number of aromatic nitrogens is 3. The molecule has 0 saturated carbocycles. The molecular weight excluding hydrogens is 488 g/mol. The van der Waals surface area contributed by atoms with Crippen LogP contribution in [0.5, 0.6) is 0 Å². The highest BCUT2D eigenvalue weighted by molar-refractivity contribution is 7.80. The number of hydrogen-bond donors (Lipinski definition) is 1. The predicted octanol–water partition coefficient (Wildman–Crippen LogP) is 7.11. The van der Waals surface area contributed by atoms with Crippen molar-refractivity contribution in [1.82, 2.24) is 15.2 Å². The Bertz CT molecular complexity index is 1540. The average Bonchev–Trinajstić information content (AvgIpc) is 2.99. The minimum absolute atomic E-state index is 0.251.